The van der Waals surface area contributed by atoms with Crippen LogP contribution in [-0.2, 0) is 4.74 Å². The molecule has 0 spiro atoms. The molecule has 0 unspecified atom stereocenters. The summed E-state index contributed by atoms with van der Waals surface area (Å²) in [6.45, 7) is 3.94. The molecular weight excluding hydrogens is 232 g/mol. The van der Waals surface area contributed by atoms with Crippen LogP contribution in [0.1, 0.15) is 30.1 Å². The molecule has 4 heteroatoms. The molecule has 0 amide bonds. The Morgan fingerprint density at radius 2 is 2.00 bits per heavy atom. The number of hydrogen-bond donors (Lipinski definition) is 0. The molecule has 0 radical (unpaired) electrons. The third-order valence-electron chi connectivity index (χ3n) is 2.82. The summed E-state index contributed by atoms with van der Waals surface area (Å²) in [5, 5.41) is 0. The van der Waals surface area contributed by atoms with Crippen molar-refractivity contribution >= 4 is 6.29 Å². The van der Waals surface area contributed by atoms with Gasteiger partial charge in [0.15, 0.2) is 0 Å². The van der Waals surface area contributed by atoms with E-state index in [0.29, 0.717) is 23.7 Å². The van der Waals surface area contributed by atoms with Crippen LogP contribution in [0.25, 0.3) is 0 Å². The molecule has 1 aromatic carbocycles. The maximum Gasteiger partial charge on any atom is 0.150 e. The maximum absolute atomic E-state index is 10.9. The molecule has 0 aromatic heterocycles. The van der Waals surface area contributed by atoms with E-state index in [1.807, 2.05) is 13.0 Å². The summed E-state index contributed by atoms with van der Waals surface area (Å²) < 4.78 is 16.6. The first-order valence-corrected chi connectivity index (χ1v) is 6.29. The molecule has 0 atom stereocenters. The van der Waals surface area contributed by atoms with Crippen molar-refractivity contribution in [3.8, 4) is 11.5 Å². The van der Waals surface area contributed by atoms with Crippen molar-refractivity contribution in [2.45, 2.75) is 25.9 Å². The van der Waals surface area contributed by atoms with Gasteiger partial charge in [0.05, 0.1) is 19.8 Å². The van der Waals surface area contributed by atoms with Crippen molar-refractivity contribution < 1.29 is 19.0 Å². The molecule has 98 valence electrons. The molecule has 0 bridgehead atoms. The van der Waals surface area contributed by atoms with Crippen LogP contribution in [0.15, 0.2) is 18.2 Å². The zero-order valence-electron chi connectivity index (χ0n) is 10.6. The minimum atomic E-state index is 0.162. The normalized spacial score (nSPS) is 16.3. The van der Waals surface area contributed by atoms with Gasteiger partial charge in [-0.15, -0.1) is 0 Å². The second kappa shape index (κ2) is 6.40. The average molecular weight is 250 g/mol. The number of benzene rings is 1. The maximum atomic E-state index is 10.9. The molecule has 1 fully saturated rings. The standard InChI is InChI=1S/C14H18O4/c1-2-17-13-7-11(10-15)8-14(9-13)18-12-3-5-16-6-4-12/h7-10,12H,2-6H2,1H3. The van der Waals surface area contributed by atoms with Gasteiger partial charge in [0.1, 0.15) is 23.9 Å². The van der Waals surface area contributed by atoms with E-state index < -0.39 is 0 Å². The van der Waals surface area contributed by atoms with Crippen LogP contribution in [0, 0.1) is 0 Å². The Morgan fingerprint density at radius 3 is 2.67 bits per heavy atom. The van der Waals surface area contributed by atoms with Gasteiger partial charge < -0.3 is 14.2 Å². The first kappa shape index (κ1) is 12.9. The van der Waals surface area contributed by atoms with Gasteiger partial charge in [-0.3, -0.25) is 4.79 Å². The monoisotopic (exact) mass is 250 g/mol. The van der Waals surface area contributed by atoms with Crippen molar-refractivity contribution in [2.75, 3.05) is 19.8 Å². The highest BCUT2D eigenvalue weighted by Gasteiger charge is 2.16. The van der Waals surface area contributed by atoms with Gasteiger partial charge >= 0.3 is 0 Å². The largest absolute Gasteiger partial charge is 0.494 e. The summed E-state index contributed by atoms with van der Waals surface area (Å²) in [5.74, 6) is 1.36. The molecular formula is C14H18O4. The van der Waals surface area contributed by atoms with Crippen LogP contribution in [0.4, 0.5) is 0 Å². The van der Waals surface area contributed by atoms with E-state index in [4.69, 9.17) is 14.2 Å². The van der Waals surface area contributed by atoms with Crippen LogP contribution in [-0.4, -0.2) is 32.2 Å². The first-order chi connectivity index (χ1) is 8.81. The van der Waals surface area contributed by atoms with Crippen LogP contribution in [0.5, 0.6) is 11.5 Å². The number of aldehydes is 1. The Kier molecular flexibility index (Phi) is 4.59. The summed E-state index contributed by atoms with van der Waals surface area (Å²) in [7, 11) is 0. The molecule has 1 saturated heterocycles. The number of ether oxygens (including phenoxy) is 3. The molecule has 4 nitrogen and oxygen atoms in total. The number of carbonyl (C=O) groups is 1. The lowest BCUT2D eigenvalue weighted by Crippen LogP contribution is -2.25. The molecule has 1 heterocycles. The van der Waals surface area contributed by atoms with Gasteiger partial charge in [-0.1, -0.05) is 0 Å². The number of rotatable bonds is 5. The van der Waals surface area contributed by atoms with Crippen LogP contribution < -0.4 is 9.47 Å². The minimum absolute atomic E-state index is 0.162. The first-order valence-electron chi connectivity index (χ1n) is 6.29. The van der Waals surface area contributed by atoms with Crippen molar-refractivity contribution in [1.82, 2.24) is 0 Å². The van der Waals surface area contributed by atoms with Crippen LogP contribution >= 0.6 is 0 Å². The van der Waals surface area contributed by atoms with E-state index in [1.165, 1.54) is 0 Å². The third kappa shape index (κ3) is 3.47. The molecule has 2 rings (SSSR count). The van der Waals surface area contributed by atoms with Crippen LogP contribution in [0.2, 0.25) is 0 Å². The van der Waals surface area contributed by atoms with Crippen molar-refractivity contribution in [3.05, 3.63) is 23.8 Å². The molecule has 1 aromatic rings. The van der Waals surface area contributed by atoms with E-state index in [0.717, 1.165) is 32.3 Å². The Morgan fingerprint density at radius 1 is 1.28 bits per heavy atom. The summed E-state index contributed by atoms with van der Waals surface area (Å²) in [6, 6.07) is 5.28. The van der Waals surface area contributed by atoms with Gasteiger partial charge in [0.25, 0.3) is 0 Å². The lowest BCUT2D eigenvalue weighted by atomic mass is 10.1. The lowest BCUT2D eigenvalue weighted by molar-refractivity contribution is 0.0254. The molecule has 0 N–H and O–H groups in total. The van der Waals surface area contributed by atoms with Gasteiger partial charge in [0, 0.05) is 24.5 Å². The fourth-order valence-corrected chi connectivity index (χ4v) is 1.97. The second-order valence-electron chi connectivity index (χ2n) is 4.22. The summed E-state index contributed by atoms with van der Waals surface area (Å²) in [6.07, 6.45) is 2.74. The van der Waals surface area contributed by atoms with E-state index >= 15 is 0 Å². The molecule has 0 aliphatic carbocycles. The predicted octanol–water partition coefficient (Wildman–Crippen LogP) is 2.46. The smallest absolute Gasteiger partial charge is 0.150 e. The molecule has 1 aliphatic rings. The highest BCUT2D eigenvalue weighted by atomic mass is 16.5. The quantitative estimate of drug-likeness (QED) is 0.753. The van der Waals surface area contributed by atoms with Crippen molar-refractivity contribution in [3.63, 3.8) is 0 Å². The van der Waals surface area contributed by atoms with E-state index in [1.54, 1.807) is 12.1 Å². The van der Waals surface area contributed by atoms with E-state index in [2.05, 4.69) is 0 Å². The summed E-state index contributed by atoms with van der Waals surface area (Å²) in [5.41, 5.74) is 0.572. The van der Waals surface area contributed by atoms with Crippen LogP contribution in [0.3, 0.4) is 0 Å². The molecule has 1 aliphatic heterocycles. The second-order valence-corrected chi connectivity index (χ2v) is 4.22. The zero-order chi connectivity index (χ0) is 12.8. The molecule has 0 saturated carbocycles. The van der Waals surface area contributed by atoms with Crippen molar-refractivity contribution in [2.24, 2.45) is 0 Å². The fourth-order valence-electron chi connectivity index (χ4n) is 1.97. The average Bonchev–Trinajstić information content (AvgIpc) is 2.40. The fraction of sp³-hybridized carbons (Fsp3) is 0.500. The lowest BCUT2D eigenvalue weighted by Gasteiger charge is -2.23. The Balaban J connectivity index is 2.09. The topological polar surface area (TPSA) is 44.8 Å². The highest BCUT2D eigenvalue weighted by Crippen LogP contribution is 2.25. The molecule has 18 heavy (non-hydrogen) atoms. The van der Waals surface area contributed by atoms with Gasteiger partial charge in [0.2, 0.25) is 0 Å². The predicted molar refractivity (Wildman–Crippen MR) is 67.5 cm³/mol. The van der Waals surface area contributed by atoms with E-state index in [9.17, 15) is 4.79 Å². The minimum Gasteiger partial charge on any atom is -0.494 e. The highest BCUT2D eigenvalue weighted by molar-refractivity contribution is 5.76. The SMILES string of the molecule is CCOc1cc(C=O)cc(OC2CCOCC2)c1. The Hall–Kier alpha value is -1.55. The Labute approximate surface area is 107 Å². The summed E-state index contributed by atoms with van der Waals surface area (Å²) in [4.78, 5) is 10.9. The van der Waals surface area contributed by atoms with E-state index in [-0.39, 0.29) is 6.10 Å². The third-order valence-corrected chi connectivity index (χ3v) is 2.82. The number of carbonyl (C=O) groups excluding carboxylic acids is 1. The Bertz CT molecular complexity index is 397. The number of hydrogen-bond acceptors (Lipinski definition) is 4. The van der Waals surface area contributed by atoms with Gasteiger partial charge in [-0.05, 0) is 19.1 Å². The zero-order valence-corrected chi connectivity index (χ0v) is 10.6. The van der Waals surface area contributed by atoms with Crippen molar-refractivity contribution in [1.29, 1.82) is 0 Å². The summed E-state index contributed by atoms with van der Waals surface area (Å²) >= 11 is 0. The van der Waals surface area contributed by atoms with Gasteiger partial charge in [-0.2, -0.15) is 0 Å². The van der Waals surface area contributed by atoms with Gasteiger partial charge in [-0.25, -0.2) is 0 Å².